The molecule has 1 aromatic heterocycles. The second-order valence-corrected chi connectivity index (χ2v) is 4.08. The molecule has 1 heterocycles. The molecule has 2 rings (SSSR count). The van der Waals surface area contributed by atoms with Crippen molar-refractivity contribution in [2.24, 2.45) is 5.92 Å². The first-order chi connectivity index (χ1) is 6.21. The van der Waals surface area contributed by atoms with Crippen LogP contribution in [0.25, 0.3) is 0 Å². The normalized spacial score (nSPS) is 34.8. The van der Waals surface area contributed by atoms with Crippen molar-refractivity contribution >= 4 is 0 Å². The summed E-state index contributed by atoms with van der Waals surface area (Å²) in [6.45, 7) is 2.22. The third kappa shape index (κ3) is 1.61. The first-order valence-electron chi connectivity index (χ1n) is 4.82. The standard InChI is InChI=1S/C10H15NO2/c1-8-2-4-10(12,5-3-8)9-6-11-7-13-9/h6-8,12H,2-5H2,1H3. The summed E-state index contributed by atoms with van der Waals surface area (Å²) in [5.74, 6) is 1.35. The van der Waals surface area contributed by atoms with E-state index in [9.17, 15) is 5.11 Å². The van der Waals surface area contributed by atoms with Crippen LogP contribution < -0.4 is 0 Å². The second kappa shape index (κ2) is 3.14. The van der Waals surface area contributed by atoms with Gasteiger partial charge in [-0.3, -0.25) is 0 Å². The zero-order valence-corrected chi connectivity index (χ0v) is 7.86. The molecule has 1 aromatic rings. The average molecular weight is 181 g/mol. The molecule has 0 aliphatic heterocycles. The molecule has 0 amide bonds. The topological polar surface area (TPSA) is 46.3 Å². The zero-order chi connectivity index (χ0) is 9.31. The molecule has 3 heteroatoms. The summed E-state index contributed by atoms with van der Waals surface area (Å²) < 4.78 is 5.15. The van der Waals surface area contributed by atoms with E-state index >= 15 is 0 Å². The molecule has 0 aromatic carbocycles. The first kappa shape index (κ1) is 8.75. The second-order valence-electron chi connectivity index (χ2n) is 4.08. The summed E-state index contributed by atoms with van der Waals surface area (Å²) in [7, 11) is 0. The molecule has 72 valence electrons. The van der Waals surface area contributed by atoms with Gasteiger partial charge in [-0.2, -0.15) is 0 Å². The van der Waals surface area contributed by atoms with Gasteiger partial charge in [0.15, 0.2) is 12.2 Å². The Labute approximate surface area is 77.8 Å². The Balaban J connectivity index is 2.13. The van der Waals surface area contributed by atoms with Gasteiger partial charge in [0.25, 0.3) is 0 Å². The number of nitrogens with zero attached hydrogens (tertiary/aromatic N) is 1. The van der Waals surface area contributed by atoms with E-state index in [0.717, 1.165) is 31.6 Å². The minimum Gasteiger partial charge on any atom is -0.445 e. The molecule has 1 aliphatic carbocycles. The highest BCUT2D eigenvalue weighted by Gasteiger charge is 2.36. The van der Waals surface area contributed by atoms with Gasteiger partial charge in [-0.15, -0.1) is 0 Å². The molecule has 1 fully saturated rings. The molecule has 0 unspecified atom stereocenters. The van der Waals surface area contributed by atoms with Gasteiger partial charge in [0.1, 0.15) is 5.60 Å². The first-order valence-corrected chi connectivity index (χ1v) is 4.82. The monoisotopic (exact) mass is 181 g/mol. The Morgan fingerprint density at radius 1 is 1.54 bits per heavy atom. The summed E-state index contributed by atoms with van der Waals surface area (Å²) in [5.41, 5.74) is -0.747. The zero-order valence-electron chi connectivity index (χ0n) is 7.86. The van der Waals surface area contributed by atoms with Crippen molar-refractivity contribution in [1.82, 2.24) is 4.98 Å². The van der Waals surface area contributed by atoms with Crippen molar-refractivity contribution in [1.29, 1.82) is 0 Å². The van der Waals surface area contributed by atoms with E-state index in [4.69, 9.17) is 4.42 Å². The Kier molecular flexibility index (Phi) is 2.12. The minimum atomic E-state index is -0.747. The van der Waals surface area contributed by atoms with Crippen molar-refractivity contribution < 1.29 is 9.52 Å². The fourth-order valence-corrected chi connectivity index (χ4v) is 1.93. The molecule has 0 atom stereocenters. The lowest BCUT2D eigenvalue weighted by molar-refractivity contribution is -0.0300. The van der Waals surface area contributed by atoms with E-state index < -0.39 is 5.60 Å². The largest absolute Gasteiger partial charge is 0.445 e. The lowest BCUT2D eigenvalue weighted by atomic mass is 9.78. The van der Waals surface area contributed by atoms with E-state index in [-0.39, 0.29) is 0 Å². The number of rotatable bonds is 1. The fraction of sp³-hybridized carbons (Fsp3) is 0.700. The molecule has 0 spiro atoms. The maximum atomic E-state index is 10.2. The summed E-state index contributed by atoms with van der Waals surface area (Å²) in [4.78, 5) is 3.83. The molecular weight excluding hydrogens is 166 g/mol. The van der Waals surface area contributed by atoms with Gasteiger partial charge >= 0.3 is 0 Å². The Hall–Kier alpha value is -0.830. The third-order valence-electron chi connectivity index (χ3n) is 2.99. The quantitative estimate of drug-likeness (QED) is 0.721. The van der Waals surface area contributed by atoms with Gasteiger partial charge < -0.3 is 9.52 Å². The molecule has 1 saturated carbocycles. The van der Waals surface area contributed by atoms with E-state index in [2.05, 4.69) is 11.9 Å². The maximum Gasteiger partial charge on any atom is 0.181 e. The van der Waals surface area contributed by atoms with Gasteiger partial charge in [-0.05, 0) is 31.6 Å². The third-order valence-corrected chi connectivity index (χ3v) is 2.99. The number of aromatic nitrogens is 1. The van der Waals surface area contributed by atoms with Crippen LogP contribution in [0.5, 0.6) is 0 Å². The predicted molar refractivity (Wildman–Crippen MR) is 48.0 cm³/mol. The molecule has 0 radical (unpaired) electrons. The highest BCUT2D eigenvalue weighted by Crippen LogP contribution is 2.38. The predicted octanol–water partition coefficient (Wildman–Crippen LogP) is 2.07. The van der Waals surface area contributed by atoms with Crippen LogP contribution in [-0.4, -0.2) is 10.1 Å². The van der Waals surface area contributed by atoms with Gasteiger partial charge in [-0.1, -0.05) is 6.92 Å². The van der Waals surface area contributed by atoms with Crippen molar-refractivity contribution in [2.75, 3.05) is 0 Å². The number of oxazole rings is 1. The molecule has 1 aliphatic rings. The average Bonchev–Trinajstić information content (AvgIpc) is 2.63. The lowest BCUT2D eigenvalue weighted by Crippen LogP contribution is -2.30. The van der Waals surface area contributed by atoms with Crippen LogP contribution in [0.15, 0.2) is 17.0 Å². The molecular formula is C10H15NO2. The van der Waals surface area contributed by atoms with Crippen LogP contribution >= 0.6 is 0 Å². The van der Waals surface area contributed by atoms with Crippen LogP contribution in [0.3, 0.4) is 0 Å². The number of aliphatic hydroxyl groups is 1. The van der Waals surface area contributed by atoms with E-state index in [1.807, 2.05) is 0 Å². The number of hydrogen-bond acceptors (Lipinski definition) is 3. The van der Waals surface area contributed by atoms with E-state index in [1.165, 1.54) is 6.39 Å². The van der Waals surface area contributed by atoms with Crippen LogP contribution in [0.1, 0.15) is 38.4 Å². The van der Waals surface area contributed by atoms with Crippen LogP contribution in [0, 0.1) is 5.92 Å². The van der Waals surface area contributed by atoms with Gasteiger partial charge in [0, 0.05) is 0 Å². The molecule has 13 heavy (non-hydrogen) atoms. The van der Waals surface area contributed by atoms with Gasteiger partial charge in [0.2, 0.25) is 0 Å². The maximum absolute atomic E-state index is 10.2. The molecule has 0 saturated heterocycles. The summed E-state index contributed by atoms with van der Waals surface area (Å²) in [6, 6.07) is 0. The van der Waals surface area contributed by atoms with Crippen molar-refractivity contribution in [3.63, 3.8) is 0 Å². The summed E-state index contributed by atoms with van der Waals surface area (Å²) >= 11 is 0. The minimum absolute atomic E-state index is 0.624. The Morgan fingerprint density at radius 2 is 2.23 bits per heavy atom. The van der Waals surface area contributed by atoms with Crippen LogP contribution in [-0.2, 0) is 5.60 Å². The molecule has 3 nitrogen and oxygen atoms in total. The molecule has 0 bridgehead atoms. The summed E-state index contributed by atoms with van der Waals surface area (Å²) in [5, 5.41) is 10.2. The van der Waals surface area contributed by atoms with Crippen molar-refractivity contribution in [2.45, 2.75) is 38.2 Å². The van der Waals surface area contributed by atoms with Gasteiger partial charge in [0.05, 0.1) is 6.20 Å². The Morgan fingerprint density at radius 3 is 2.77 bits per heavy atom. The highest BCUT2D eigenvalue weighted by molar-refractivity contribution is 5.05. The van der Waals surface area contributed by atoms with E-state index in [0.29, 0.717) is 5.76 Å². The van der Waals surface area contributed by atoms with Gasteiger partial charge in [-0.25, -0.2) is 4.98 Å². The number of hydrogen-bond donors (Lipinski definition) is 1. The van der Waals surface area contributed by atoms with Crippen LogP contribution in [0.2, 0.25) is 0 Å². The van der Waals surface area contributed by atoms with Crippen LogP contribution in [0.4, 0.5) is 0 Å². The molecule has 1 N–H and O–H groups in total. The SMILES string of the molecule is CC1CCC(O)(c2cnco2)CC1. The van der Waals surface area contributed by atoms with Crippen molar-refractivity contribution in [3.8, 4) is 0 Å². The highest BCUT2D eigenvalue weighted by atomic mass is 16.4. The fourth-order valence-electron chi connectivity index (χ4n) is 1.93. The lowest BCUT2D eigenvalue weighted by Gasteiger charge is -2.32. The Bertz CT molecular complexity index is 260. The summed E-state index contributed by atoms with van der Waals surface area (Å²) in [6.07, 6.45) is 6.72. The smallest absolute Gasteiger partial charge is 0.181 e. The van der Waals surface area contributed by atoms with Crippen molar-refractivity contribution in [3.05, 3.63) is 18.4 Å². The van der Waals surface area contributed by atoms with E-state index in [1.54, 1.807) is 6.20 Å².